The van der Waals surface area contributed by atoms with Crippen molar-refractivity contribution >= 4 is 17.8 Å². The number of aryl methyl sites for hydroxylation is 1. The van der Waals surface area contributed by atoms with Gasteiger partial charge in [0, 0.05) is 11.1 Å². The molecular formula is C21H16O5. The molecule has 3 aromatic rings. The van der Waals surface area contributed by atoms with Crippen molar-refractivity contribution in [3.8, 4) is 17.1 Å². The van der Waals surface area contributed by atoms with Gasteiger partial charge in [-0.1, -0.05) is 29.8 Å². The first-order valence-corrected chi connectivity index (χ1v) is 7.89. The number of aromatic hydroxyl groups is 1. The summed E-state index contributed by atoms with van der Waals surface area (Å²) in [5, 5.41) is 18.6. The van der Waals surface area contributed by atoms with Crippen molar-refractivity contribution in [2.75, 3.05) is 0 Å². The number of rotatable bonds is 5. The number of aromatic carboxylic acids is 1. The third kappa shape index (κ3) is 3.72. The second kappa shape index (κ2) is 7.11. The molecule has 3 rings (SSSR count). The average molecular weight is 348 g/mol. The number of hydrogen-bond acceptors (Lipinski definition) is 4. The van der Waals surface area contributed by atoms with E-state index in [2.05, 4.69) is 0 Å². The van der Waals surface area contributed by atoms with Crippen LogP contribution < -0.4 is 0 Å². The quantitative estimate of drug-likeness (QED) is 0.521. The van der Waals surface area contributed by atoms with E-state index in [9.17, 15) is 14.7 Å². The van der Waals surface area contributed by atoms with Crippen LogP contribution in [0.1, 0.15) is 32.0 Å². The molecule has 0 aliphatic heterocycles. The topological polar surface area (TPSA) is 87.7 Å². The van der Waals surface area contributed by atoms with E-state index in [1.54, 1.807) is 36.4 Å². The number of carboxylic acids is 1. The number of carboxylic acid groups (broad SMARTS) is 1. The maximum absolute atomic E-state index is 12.1. The maximum atomic E-state index is 12.1. The first-order valence-electron chi connectivity index (χ1n) is 7.89. The molecule has 0 saturated carbocycles. The van der Waals surface area contributed by atoms with Gasteiger partial charge < -0.3 is 14.6 Å². The fourth-order valence-electron chi connectivity index (χ4n) is 2.43. The molecule has 0 spiro atoms. The van der Waals surface area contributed by atoms with E-state index in [4.69, 9.17) is 9.52 Å². The van der Waals surface area contributed by atoms with E-state index in [0.29, 0.717) is 22.6 Å². The number of ketones is 1. The zero-order valence-electron chi connectivity index (χ0n) is 14.0. The molecule has 5 heteroatoms. The molecule has 0 aliphatic carbocycles. The Kier molecular flexibility index (Phi) is 4.71. The van der Waals surface area contributed by atoms with Crippen LogP contribution in [-0.4, -0.2) is 22.0 Å². The molecule has 0 atom stereocenters. The largest absolute Gasteiger partial charge is 0.507 e. The van der Waals surface area contributed by atoms with Crippen molar-refractivity contribution in [1.29, 1.82) is 0 Å². The lowest BCUT2D eigenvalue weighted by molar-refractivity contribution is 0.0693. The van der Waals surface area contributed by atoms with Crippen molar-refractivity contribution in [3.05, 3.63) is 83.1 Å². The number of carbonyl (C=O) groups is 2. The van der Waals surface area contributed by atoms with Crippen molar-refractivity contribution in [2.45, 2.75) is 6.92 Å². The summed E-state index contributed by atoms with van der Waals surface area (Å²) in [6, 6.07) is 14.8. The van der Waals surface area contributed by atoms with Gasteiger partial charge >= 0.3 is 5.97 Å². The minimum Gasteiger partial charge on any atom is -0.507 e. The van der Waals surface area contributed by atoms with Gasteiger partial charge in [0.1, 0.15) is 22.8 Å². The van der Waals surface area contributed by atoms with Crippen molar-refractivity contribution < 1.29 is 24.2 Å². The zero-order valence-corrected chi connectivity index (χ0v) is 14.0. The van der Waals surface area contributed by atoms with Crippen LogP contribution in [0, 0.1) is 6.92 Å². The van der Waals surface area contributed by atoms with Crippen LogP contribution in [0.25, 0.3) is 17.4 Å². The first-order chi connectivity index (χ1) is 12.4. The van der Waals surface area contributed by atoms with Crippen LogP contribution in [0.3, 0.4) is 0 Å². The summed E-state index contributed by atoms with van der Waals surface area (Å²) in [6.07, 6.45) is 2.98. The van der Waals surface area contributed by atoms with Crippen LogP contribution in [0.4, 0.5) is 0 Å². The minimum absolute atomic E-state index is 0.138. The summed E-state index contributed by atoms with van der Waals surface area (Å²) < 4.78 is 5.64. The van der Waals surface area contributed by atoms with Gasteiger partial charge in [-0.15, -0.1) is 0 Å². The van der Waals surface area contributed by atoms with Crippen molar-refractivity contribution in [3.63, 3.8) is 0 Å². The summed E-state index contributed by atoms with van der Waals surface area (Å²) in [5.74, 6) is -0.766. The van der Waals surface area contributed by atoms with Gasteiger partial charge in [0.15, 0.2) is 5.78 Å². The Morgan fingerprint density at radius 3 is 2.42 bits per heavy atom. The van der Waals surface area contributed by atoms with Crippen LogP contribution in [0.15, 0.2) is 65.1 Å². The molecule has 0 radical (unpaired) electrons. The molecule has 130 valence electrons. The number of benzene rings is 2. The minimum atomic E-state index is -1.22. The molecule has 0 bridgehead atoms. The van der Waals surface area contributed by atoms with E-state index >= 15 is 0 Å². The Bertz CT molecular complexity index is 993. The van der Waals surface area contributed by atoms with Gasteiger partial charge in [0.2, 0.25) is 0 Å². The van der Waals surface area contributed by atoms with Gasteiger partial charge in [0.05, 0.1) is 0 Å². The summed E-state index contributed by atoms with van der Waals surface area (Å²) in [4.78, 5) is 23.2. The molecule has 26 heavy (non-hydrogen) atoms. The lowest BCUT2D eigenvalue weighted by Crippen LogP contribution is -1.96. The second-order valence-corrected chi connectivity index (χ2v) is 5.80. The number of hydrogen-bond donors (Lipinski definition) is 2. The average Bonchev–Trinajstić information content (AvgIpc) is 3.09. The Morgan fingerprint density at radius 1 is 1.00 bits per heavy atom. The third-order valence-electron chi connectivity index (χ3n) is 3.87. The summed E-state index contributed by atoms with van der Waals surface area (Å²) >= 11 is 0. The van der Waals surface area contributed by atoms with E-state index < -0.39 is 5.97 Å². The highest BCUT2D eigenvalue weighted by Crippen LogP contribution is 2.28. The standard InChI is InChI=1S/C21H16O5/c1-13-2-4-14(5-3-13)18(22)10-7-16-8-11-20(26-16)15-6-9-19(23)17(12-15)21(24)25/h2-12,23H,1H3,(H,24,25)/b10-7+. The number of furan rings is 1. The van der Waals surface area contributed by atoms with Gasteiger partial charge in [0.25, 0.3) is 0 Å². The van der Waals surface area contributed by atoms with Crippen molar-refractivity contribution in [2.24, 2.45) is 0 Å². The molecule has 5 nitrogen and oxygen atoms in total. The van der Waals surface area contributed by atoms with E-state index in [0.717, 1.165) is 5.56 Å². The smallest absolute Gasteiger partial charge is 0.339 e. The van der Waals surface area contributed by atoms with Crippen LogP contribution >= 0.6 is 0 Å². The fourth-order valence-corrected chi connectivity index (χ4v) is 2.43. The van der Waals surface area contributed by atoms with Gasteiger partial charge in [-0.25, -0.2) is 4.79 Å². The zero-order chi connectivity index (χ0) is 18.7. The van der Waals surface area contributed by atoms with Crippen LogP contribution in [-0.2, 0) is 0 Å². The Labute approximate surface area is 149 Å². The maximum Gasteiger partial charge on any atom is 0.339 e. The monoisotopic (exact) mass is 348 g/mol. The molecule has 0 unspecified atom stereocenters. The van der Waals surface area contributed by atoms with Gasteiger partial charge in [-0.2, -0.15) is 0 Å². The molecule has 0 fully saturated rings. The summed E-state index contributed by atoms with van der Waals surface area (Å²) in [6.45, 7) is 1.95. The van der Waals surface area contributed by atoms with E-state index in [1.807, 2.05) is 19.1 Å². The molecule has 0 amide bonds. The summed E-state index contributed by atoms with van der Waals surface area (Å²) in [5.41, 5.74) is 1.98. The molecule has 0 saturated heterocycles. The van der Waals surface area contributed by atoms with Gasteiger partial charge in [-0.05, 0) is 49.4 Å². The highest BCUT2D eigenvalue weighted by molar-refractivity contribution is 6.06. The lowest BCUT2D eigenvalue weighted by Gasteiger charge is -2.02. The summed E-state index contributed by atoms with van der Waals surface area (Å²) in [7, 11) is 0. The number of phenols is 1. The SMILES string of the molecule is Cc1ccc(C(=O)/C=C/c2ccc(-c3ccc(O)c(C(=O)O)c3)o2)cc1. The van der Waals surface area contributed by atoms with E-state index in [1.165, 1.54) is 18.2 Å². The predicted octanol–water partition coefficient (Wildman–Crippen LogP) is 4.55. The molecule has 1 aromatic heterocycles. The molecular weight excluding hydrogens is 332 g/mol. The van der Waals surface area contributed by atoms with E-state index in [-0.39, 0.29) is 17.1 Å². The highest BCUT2D eigenvalue weighted by atomic mass is 16.4. The molecule has 2 aromatic carbocycles. The first kappa shape index (κ1) is 17.2. The van der Waals surface area contributed by atoms with Crippen LogP contribution in [0.5, 0.6) is 5.75 Å². The highest BCUT2D eigenvalue weighted by Gasteiger charge is 2.12. The molecule has 2 N–H and O–H groups in total. The predicted molar refractivity (Wildman–Crippen MR) is 97.3 cm³/mol. The normalized spacial score (nSPS) is 11.0. The third-order valence-corrected chi connectivity index (χ3v) is 3.87. The Hall–Kier alpha value is -3.60. The Morgan fingerprint density at radius 2 is 1.73 bits per heavy atom. The molecule has 1 heterocycles. The molecule has 0 aliphatic rings. The fraction of sp³-hybridized carbons (Fsp3) is 0.0476. The Balaban J connectivity index is 1.80. The van der Waals surface area contributed by atoms with Crippen LogP contribution in [0.2, 0.25) is 0 Å². The number of allylic oxidation sites excluding steroid dienone is 1. The number of carbonyl (C=O) groups excluding carboxylic acids is 1. The second-order valence-electron chi connectivity index (χ2n) is 5.80. The van der Waals surface area contributed by atoms with Crippen molar-refractivity contribution in [1.82, 2.24) is 0 Å². The lowest BCUT2D eigenvalue weighted by atomic mass is 10.1. The van der Waals surface area contributed by atoms with Gasteiger partial charge in [-0.3, -0.25) is 4.79 Å².